The lowest BCUT2D eigenvalue weighted by Crippen LogP contribution is -2.36. The van der Waals surface area contributed by atoms with Crippen LogP contribution < -0.4 is 14.2 Å². The Kier molecular flexibility index (Phi) is 6.05. The molecule has 1 amide bonds. The number of nitrogens with one attached hydrogen (secondary N) is 1. The van der Waals surface area contributed by atoms with Gasteiger partial charge in [-0.05, 0) is 78.2 Å². The van der Waals surface area contributed by atoms with Gasteiger partial charge in [0, 0.05) is 24.3 Å². The first-order valence-electron chi connectivity index (χ1n) is 10.1. The van der Waals surface area contributed by atoms with Crippen molar-refractivity contribution in [3.05, 3.63) is 83.4 Å². The Morgan fingerprint density at radius 1 is 0.875 bits per heavy atom. The van der Waals surface area contributed by atoms with Gasteiger partial charge >= 0.3 is 0 Å². The standard InChI is InChI=1S/C24H24N2O5S/c1-30-21-9-6-20(7-10-21)25-32(28,29)23-11-4-18(5-12-23)24(27)26-14-13-17-3-8-22(31-2)15-19(17)16-26/h3-12,15,25H,13-14,16H2,1-2H3. The fourth-order valence-corrected chi connectivity index (χ4v) is 4.72. The molecule has 0 unspecified atom stereocenters. The molecule has 1 aliphatic rings. The number of hydrogen-bond acceptors (Lipinski definition) is 5. The fourth-order valence-electron chi connectivity index (χ4n) is 3.67. The summed E-state index contributed by atoms with van der Waals surface area (Å²) >= 11 is 0. The zero-order chi connectivity index (χ0) is 22.7. The maximum Gasteiger partial charge on any atom is 0.261 e. The number of rotatable bonds is 6. The van der Waals surface area contributed by atoms with E-state index in [0.717, 1.165) is 17.7 Å². The first-order valence-corrected chi connectivity index (χ1v) is 11.6. The van der Waals surface area contributed by atoms with Gasteiger partial charge in [-0.15, -0.1) is 0 Å². The average Bonchev–Trinajstić information content (AvgIpc) is 2.83. The molecule has 0 atom stereocenters. The van der Waals surface area contributed by atoms with Crippen molar-refractivity contribution in [1.82, 2.24) is 4.90 Å². The second kappa shape index (κ2) is 8.92. The number of amides is 1. The van der Waals surface area contributed by atoms with E-state index in [0.29, 0.717) is 30.1 Å². The highest BCUT2D eigenvalue weighted by atomic mass is 32.2. The zero-order valence-corrected chi connectivity index (χ0v) is 18.7. The second-order valence-corrected chi connectivity index (χ2v) is 9.15. The molecule has 0 spiro atoms. The van der Waals surface area contributed by atoms with Gasteiger partial charge in [-0.1, -0.05) is 6.07 Å². The van der Waals surface area contributed by atoms with Gasteiger partial charge in [0.2, 0.25) is 0 Å². The molecule has 3 aromatic rings. The van der Waals surface area contributed by atoms with Crippen molar-refractivity contribution >= 4 is 21.6 Å². The summed E-state index contributed by atoms with van der Waals surface area (Å²) < 4.78 is 38.3. The molecule has 0 radical (unpaired) electrons. The SMILES string of the molecule is COc1ccc(NS(=O)(=O)c2ccc(C(=O)N3CCc4ccc(OC)cc4C3)cc2)cc1. The van der Waals surface area contributed by atoms with Crippen molar-refractivity contribution in [1.29, 1.82) is 0 Å². The summed E-state index contributed by atoms with van der Waals surface area (Å²) in [5.41, 5.74) is 3.14. The van der Waals surface area contributed by atoms with Gasteiger partial charge in [-0.25, -0.2) is 8.42 Å². The van der Waals surface area contributed by atoms with Gasteiger partial charge < -0.3 is 14.4 Å². The number of hydrogen-bond donors (Lipinski definition) is 1. The largest absolute Gasteiger partial charge is 0.497 e. The highest BCUT2D eigenvalue weighted by Crippen LogP contribution is 2.25. The molecule has 0 aliphatic carbocycles. The number of ether oxygens (including phenoxy) is 2. The molecule has 7 nitrogen and oxygen atoms in total. The van der Waals surface area contributed by atoms with Crippen molar-refractivity contribution in [2.24, 2.45) is 0 Å². The maximum atomic E-state index is 13.0. The minimum atomic E-state index is -3.78. The fraction of sp³-hybridized carbons (Fsp3) is 0.208. The van der Waals surface area contributed by atoms with Crippen LogP contribution in [0.1, 0.15) is 21.5 Å². The molecule has 1 heterocycles. The van der Waals surface area contributed by atoms with Crippen LogP contribution in [0.15, 0.2) is 71.6 Å². The molecule has 4 rings (SSSR count). The molecule has 3 aromatic carbocycles. The van der Waals surface area contributed by atoms with E-state index in [1.807, 2.05) is 18.2 Å². The number of methoxy groups -OCH3 is 2. The lowest BCUT2D eigenvalue weighted by Gasteiger charge is -2.29. The predicted octanol–water partition coefficient (Wildman–Crippen LogP) is 3.70. The lowest BCUT2D eigenvalue weighted by atomic mass is 9.99. The number of sulfonamides is 1. The first kappa shape index (κ1) is 21.7. The average molecular weight is 453 g/mol. The Balaban J connectivity index is 1.47. The highest BCUT2D eigenvalue weighted by molar-refractivity contribution is 7.92. The smallest absolute Gasteiger partial charge is 0.261 e. The minimum absolute atomic E-state index is 0.0820. The van der Waals surface area contributed by atoms with Crippen LogP contribution in [0.3, 0.4) is 0 Å². The number of benzene rings is 3. The van der Waals surface area contributed by atoms with Crippen LogP contribution in [0.2, 0.25) is 0 Å². The van der Waals surface area contributed by atoms with E-state index in [2.05, 4.69) is 4.72 Å². The van der Waals surface area contributed by atoms with E-state index in [1.54, 1.807) is 55.5 Å². The van der Waals surface area contributed by atoms with Gasteiger partial charge in [-0.3, -0.25) is 9.52 Å². The Labute approximate surface area is 187 Å². The second-order valence-electron chi connectivity index (χ2n) is 7.47. The summed E-state index contributed by atoms with van der Waals surface area (Å²) in [7, 11) is -0.617. The Morgan fingerprint density at radius 3 is 2.19 bits per heavy atom. The van der Waals surface area contributed by atoms with E-state index in [1.165, 1.54) is 17.7 Å². The molecule has 0 bridgehead atoms. The number of nitrogens with zero attached hydrogens (tertiary/aromatic N) is 1. The van der Waals surface area contributed by atoms with Crippen LogP contribution in [0.4, 0.5) is 5.69 Å². The van der Waals surface area contributed by atoms with Gasteiger partial charge in [0.15, 0.2) is 0 Å². The van der Waals surface area contributed by atoms with Crippen LogP contribution >= 0.6 is 0 Å². The van der Waals surface area contributed by atoms with E-state index >= 15 is 0 Å². The molecule has 0 saturated heterocycles. The van der Waals surface area contributed by atoms with Gasteiger partial charge in [0.05, 0.1) is 19.1 Å². The van der Waals surface area contributed by atoms with Crippen molar-refractivity contribution in [2.45, 2.75) is 17.9 Å². The number of carbonyl (C=O) groups is 1. The van der Waals surface area contributed by atoms with Gasteiger partial charge in [0.1, 0.15) is 11.5 Å². The minimum Gasteiger partial charge on any atom is -0.497 e. The third-order valence-corrected chi connectivity index (χ3v) is 6.86. The normalized spacial score (nSPS) is 13.2. The van der Waals surface area contributed by atoms with E-state index in [-0.39, 0.29) is 10.8 Å². The number of anilines is 1. The molecule has 1 aliphatic heterocycles. The van der Waals surface area contributed by atoms with Crippen molar-refractivity contribution < 1.29 is 22.7 Å². The monoisotopic (exact) mass is 452 g/mol. The van der Waals surface area contributed by atoms with Gasteiger partial charge in [0.25, 0.3) is 15.9 Å². The third-order valence-electron chi connectivity index (χ3n) is 5.47. The van der Waals surface area contributed by atoms with E-state index in [4.69, 9.17) is 9.47 Å². The summed E-state index contributed by atoms with van der Waals surface area (Å²) in [6.45, 7) is 1.10. The van der Waals surface area contributed by atoms with Crippen LogP contribution in [-0.2, 0) is 23.0 Å². The molecule has 0 fully saturated rings. The molecule has 8 heteroatoms. The molecule has 166 valence electrons. The van der Waals surface area contributed by atoms with Crippen molar-refractivity contribution in [3.63, 3.8) is 0 Å². The molecular formula is C24H24N2O5S. The van der Waals surface area contributed by atoms with Crippen LogP contribution in [0.25, 0.3) is 0 Å². The predicted molar refractivity (Wildman–Crippen MR) is 122 cm³/mol. The summed E-state index contributed by atoms with van der Waals surface area (Å²) in [5.74, 6) is 1.26. The number of fused-ring (bicyclic) bond motifs is 1. The van der Waals surface area contributed by atoms with Crippen LogP contribution in [0, 0.1) is 0 Å². The molecule has 0 aromatic heterocycles. The first-order chi connectivity index (χ1) is 15.4. The molecule has 32 heavy (non-hydrogen) atoms. The van der Waals surface area contributed by atoms with Crippen molar-refractivity contribution in [2.75, 3.05) is 25.5 Å². The van der Waals surface area contributed by atoms with Crippen LogP contribution in [0.5, 0.6) is 11.5 Å². The summed E-state index contributed by atoms with van der Waals surface area (Å²) in [4.78, 5) is 14.8. The topological polar surface area (TPSA) is 84.9 Å². The third kappa shape index (κ3) is 4.55. The van der Waals surface area contributed by atoms with Gasteiger partial charge in [-0.2, -0.15) is 0 Å². The van der Waals surface area contributed by atoms with E-state index < -0.39 is 10.0 Å². The highest BCUT2D eigenvalue weighted by Gasteiger charge is 2.23. The molecular weight excluding hydrogens is 428 g/mol. The Bertz CT molecular complexity index is 1220. The summed E-state index contributed by atoms with van der Waals surface area (Å²) in [6.07, 6.45) is 0.767. The molecule has 0 saturated carbocycles. The summed E-state index contributed by atoms with van der Waals surface area (Å²) in [6, 6.07) is 18.5. The quantitative estimate of drug-likeness (QED) is 0.616. The molecule has 1 N–H and O–H groups in total. The zero-order valence-electron chi connectivity index (χ0n) is 17.9. The number of carbonyl (C=O) groups excluding carboxylic acids is 1. The Morgan fingerprint density at radius 2 is 1.53 bits per heavy atom. The Hall–Kier alpha value is -3.52. The van der Waals surface area contributed by atoms with E-state index in [9.17, 15) is 13.2 Å². The maximum absolute atomic E-state index is 13.0. The van der Waals surface area contributed by atoms with Crippen molar-refractivity contribution in [3.8, 4) is 11.5 Å². The summed E-state index contributed by atoms with van der Waals surface area (Å²) in [5, 5.41) is 0. The lowest BCUT2D eigenvalue weighted by molar-refractivity contribution is 0.0734. The van der Waals surface area contributed by atoms with Crippen LogP contribution in [-0.4, -0.2) is 40.0 Å².